The molecule has 1 aliphatic rings. The number of hydrogen-bond donors (Lipinski definition) is 0. The van der Waals surface area contributed by atoms with Gasteiger partial charge >= 0.3 is 6.18 Å². The highest BCUT2D eigenvalue weighted by Gasteiger charge is 2.36. The summed E-state index contributed by atoms with van der Waals surface area (Å²) in [4.78, 5) is 10.8. The molecule has 0 aliphatic carbocycles. The standard InChI is InChI=1S/C21H24F3N5/c1-13(2)16-9-19(21(22,23)24)29-20(26-16)10-17(27-29)18-5-4-8-28(18)12-15-6-7-25-11-14(15)3/h6-7,9-11,13,18H,4-5,8,12H2,1-3H3/t18-/m0/s1. The van der Waals surface area contributed by atoms with E-state index in [-0.39, 0.29) is 17.6 Å². The Balaban J connectivity index is 1.72. The predicted octanol–water partition coefficient (Wildman–Crippen LogP) is 4.91. The molecule has 3 aromatic heterocycles. The molecule has 0 unspecified atom stereocenters. The number of nitrogens with zero attached hydrogens (tertiary/aromatic N) is 5. The average molecular weight is 403 g/mol. The summed E-state index contributed by atoms with van der Waals surface area (Å²) < 4.78 is 41.9. The van der Waals surface area contributed by atoms with Crippen LogP contribution in [0.5, 0.6) is 0 Å². The van der Waals surface area contributed by atoms with Gasteiger partial charge in [-0.3, -0.25) is 9.88 Å². The zero-order valence-electron chi connectivity index (χ0n) is 16.7. The normalized spacial score (nSPS) is 18.2. The van der Waals surface area contributed by atoms with Gasteiger partial charge in [0.2, 0.25) is 0 Å². The smallest absolute Gasteiger partial charge is 0.290 e. The molecule has 5 nitrogen and oxygen atoms in total. The van der Waals surface area contributed by atoms with Gasteiger partial charge in [-0.2, -0.15) is 18.3 Å². The lowest BCUT2D eigenvalue weighted by molar-refractivity contribution is -0.142. The van der Waals surface area contributed by atoms with Crippen LogP contribution in [-0.4, -0.2) is 31.0 Å². The Bertz CT molecular complexity index is 1020. The molecule has 29 heavy (non-hydrogen) atoms. The third-order valence-corrected chi connectivity index (χ3v) is 5.56. The Morgan fingerprint density at radius 2 is 2.03 bits per heavy atom. The Morgan fingerprint density at radius 1 is 1.24 bits per heavy atom. The van der Waals surface area contributed by atoms with Crippen LogP contribution in [0.2, 0.25) is 0 Å². The number of halogens is 3. The molecule has 3 aromatic rings. The van der Waals surface area contributed by atoms with Gasteiger partial charge in [0.05, 0.1) is 11.7 Å². The van der Waals surface area contributed by atoms with Gasteiger partial charge in [0.1, 0.15) is 5.69 Å². The number of aryl methyl sites for hydroxylation is 1. The van der Waals surface area contributed by atoms with Crippen molar-refractivity contribution in [1.82, 2.24) is 24.5 Å². The van der Waals surface area contributed by atoms with E-state index in [1.165, 1.54) is 5.56 Å². The highest BCUT2D eigenvalue weighted by molar-refractivity contribution is 5.44. The maximum absolute atomic E-state index is 13.7. The second-order valence-corrected chi connectivity index (χ2v) is 7.99. The topological polar surface area (TPSA) is 46.3 Å². The van der Waals surface area contributed by atoms with Crippen molar-refractivity contribution in [3.8, 4) is 0 Å². The van der Waals surface area contributed by atoms with Gasteiger partial charge in [-0.25, -0.2) is 9.50 Å². The first-order valence-electron chi connectivity index (χ1n) is 9.85. The second kappa shape index (κ2) is 7.40. The fourth-order valence-electron chi connectivity index (χ4n) is 3.92. The van der Waals surface area contributed by atoms with Crippen LogP contribution in [0.3, 0.4) is 0 Å². The summed E-state index contributed by atoms with van der Waals surface area (Å²) in [5, 5.41) is 4.36. The van der Waals surface area contributed by atoms with Gasteiger partial charge in [0.15, 0.2) is 5.65 Å². The fourth-order valence-corrected chi connectivity index (χ4v) is 3.92. The van der Waals surface area contributed by atoms with Crippen molar-refractivity contribution in [1.29, 1.82) is 0 Å². The monoisotopic (exact) mass is 403 g/mol. The van der Waals surface area contributed by atoms with Crippen LogP contribution in [0, 0.1) is 6.92 Å². The highest BCUT2D eigenvalue weighted by atomic mass is 19.4. The minimum Gasteiger partial charge on any atom is -0.290 e. The van der Waals surface area contributed by atoms with Gasteiger partial charge in [0.25, 0.3) is 0 Å². The number of likely N-dealkylation sites (tertiary alicyclic amines) is 1. The fraction of sp³-hybridized carbons (Fsp3) is 0.476. The van der Waals surface area contributed by atoms with Crippen LogP contribution in [0.4, 0.5) is 13.2 Å². The zero-order valence-corrected chi connectivity index (χ0v) is 16.7. The molecule has 4 rings (SSSR count). The van der Waals surface area contributed by atoms with Crippen LogP contribution in [0.1, 0.15) is 66.9 Å². The summed E-state index contributed by atoms with van der Waals surface area (Å²) in [5.74, 6) is -0.0999. The van der Waals surface area contributed by atoms with Gasteiger partial charge in [0, 0.05) is 30.7 Å². The maximum Gasteiger partial charge on any atom is 0.433 e. The van der Waals surface area contributed by atoms with Gasteiger partial charge in [-0.1, -0.05) is 13.8 Å². The molecule has 0 aromatic carbocycles. The van der Waals surface area contributed by atoms with Crippen LogP contribution in [0.15, 0.2) is 30.6 Å². The first-order valence-corrected chi connectivity index (χ1v) is 9.85. The molecule has 0 spiro atoms. The number of aromatic nitrogens is 4. The number of rotatable bonds is 4. The molecular formula is C21H24F3N5. The Labute approximate surface area is 167 Å². The van der Waals surface area contributed by atoms with E-state index in [1.807, 2.05) is 33.0 Å². The third kappa shape index (κ3) is 3.85. The van der Waals surface area contributed by atoms with Crippen molar-refractivity contribution in [3.05, 3.63) is 58.8 Å². The average Bonchev–Trinajstić information content (AvgIpc) is 3.27. The van der Waals surface area contributed by atoms with E-state index in [0.717, 1.165) is 42.1 Å². The molecule has 154 valence electrons. The van der Waals surface area contributed by atoms with Crippen molar-refractivity contribution in [2.75, 3.05) is 6.54 Å². The second-order valence-electron chi connectivity index (χ2n) is 7.99. The summed E-state index contributed by atoms with van der Waals surface area (Å²) in [6.45, 7) is 7.31. The van der Waals surface area contributed by atoms with E-state index in [9.17, 15) is 13.2 Å². The van der Waals surface area contributed by atoms with Crippen LogP contribution >= 0.6 is 0 Å². The zero-order chi connectivity index (χ0) is 20.8. The summed E-state index contributed by atoms with van der Waals surface area (Å²) in [5.41, 5.74) is 2.83. The van der Waals surface area contributed by atoms with Crippen LogP contribution in [0.25, 0.3) is 5.65 Å². The molecule has 1 fully saturated rings. The Hall–Kier alpha value is -2.48. The van der Waals surface area contributed by atoms with E-state index < -0.39 is 11.9 Å². The molecule has 0 N–H and O–H groups in total. The minimum atomic E-state index is -4.49. The van der Waals surface area contributed by atoms with E-state index >= 15 is 0 Å². The third-order valence-electron chi connectivity index (χ3n) is 5.56. The predicted molar refractivity (Wildman–Crippen MR) is 103 cm³/mol. The number of fused-ring (bicyclic) bond motifs is 1. The first-order chi connectivity index (χ1) is 13.7. The molecule has 1 saturated heterocycles. The molecule has 0 amide bonds. The van der Waals surface area contributed by atoms with Gasteiger partial charge in [-0.05, 0) is 55.5 Å². The maximum atomic E-state index is 13.7. The van der Waals surface area contributed by atoms with E-state index in [0.29, 0.717) is 11.4 Å². The lowest BCUT2D eigenvalue weighted by Gasteiger charge is -2.23. The summed E-state index contributed by atoms with van der Waals surface area (Å²) in [6.07, 6.45) is 0.965. The molecule has 0 radical (unpaired) electrons. The molecule has 8 heteroatoms. The van der Waals surface area contributed by atoms with E-state index in [2.05, 4.69) is 20.0 Å². The quantitative estimate of drug-likeness (QED) is 0.621. The minimum absolute atomic E-state index is 0.0205. The largest absolute Gasteiger partial charge is 0.433 e. The lowest BCUT2D eigenvalue weighted by Crippen LogP contribution is -2.23. The number of pyridine rings is 1. The van der Waals surface area contributed by atoms with Crippen molar-refractivity contribution in [2.24, 2.45) is 0 Å². The molecule has 0 bridgehead atoms. The molecule has 1 atom stereocenters. The molecule has 1 aliphatic heterocycles. The lowest BCUT2D eigenvalue weighted by atomic mass is 10.1. The van der Waals surface area contributed by atoms with Crippen LogP contribution < -0.4 is 0 Å². The number of hydrogen-bond acceptors (Lipinski definition) is 4. The van der Waals surface area contributed by atoms with Crippen LogP contribution in [-0.2, 0) is 12.7 Å². The summed E-state index contributed by atoms with van der Waals surface area (Å²) >= 11 is 0. The Morgan fingerprint density at radius 3 is 2.72 bits per heavy atom. The molecular weight excluding hydrogens is 379 g/mol. The van der Waals surface area contributed by atoms with E-state index in [4.69, 9.17) is 0 Å². The molecule has 4 heterocycles. The van der Waals surface area contributed by atoms with E-state index in [1.54, 1.807) is 12.3 Å². The van der Waals surface area contributed by atoms with Crippen molar-refractivity contribution in [3.63, 3.8) is 0 Å². The van der Waals surface area contributed by atoms with Crippen molar-refractivity contribution < 1.29 is 13.2 Å². The van der Waals surface area contributed by atoms with Gasteiger partial charge in [-0.15, -0.1) is 0 Å². The summed E-state index contributed by atoms with van der Waals surface area (Å²) in [7, 11) is 0. The Kier molecular flexibility index (Phi) is 5.06. The summed E-state index contributed by atoms with van der Waals surface area (Å²) in [6, 6.07) is 4.80. The molecule has 0 saturated carbocycles. The van der Waals surface area contributed by atoms with Gasteiger partial charge < -0.3 is 0 Å². The SMILES string of the molecule is Cc1cnccc1CN1CCC[C@H]1c1cc2nc(C(C)C)cc(C(F)(F)F)n2n1. The highest BCUT2D eigenvalue weighted by Crippen LogP contribution is 2.35. The first kappa shape index (κ1) is 19.8. The van der Waals surface area contributed by atoms with Crippen molar-refractivity contribution in [2.45, 2.75) is 58.3 Å². The van der Waals surface area contributed by atoms with Crippen molar-refractivity contribution >= 4 is 5.65 Å². The number of alkyl halides is 3.